The summed E-state index contributed by atoms with van der Waals surface area (Å²) in [5.74, 6) is -0.966. The van der Waals surface area contributed by atoms with Crippen LogP contribution in [0.4, 0.5) is 4.79 Å². The lowest BCUT2D eigenvalue weighted by Crippen LogP contribution is -2.47. The first-order valence-electron chi connectivity index (χ1n) is 6.81. The topological polar surface area (TPSA) is 78.9 Å². The van der Waals surface area contributed by atoms with Crippen LogP contribution in [-0.4, -0.2) is 54.4 Å². The third-order valence-corrected chi connectivity index (χ3v) is 4.46. The number of likely N-dealkylation sites (tertiary alicyclic amines) is 1. The van der Waals surface area contributed by atoms with E-state index in [0.29, 0.717) is 19.5 Å². The minimum absolute atomic E-state index is 0.187. The van der Waals surface area contributed by atoms with E-state index in [-0.39, 0.29) is 17.6 Å². The molecule has 2 fully saturated rings. The van der Waals surface area contributed by atoms with Gasteiger partial charge in [-0.3, -0.25) is 0 Å². The highest BCUT2D eigenvalue weighted by atomic mass is 16.5. The molecule has 1 aliphatic carbocycles. The molecule has 6 heteroatoms. The molecule has 0 aromatic carbocycles. The van der Waals surface area contributed by atoms with Gasteiger partial charge in [0.05, 0.1) is 6.10 Å². The van der Waals surface area contributed by atoms with Crippen LogP contribution in [0.1, 0.15) is 32.6 Å². The third kappa shape index (κ3) is 3.00. The van der Waals surface area contributed by atoms with Crippen molar-refractivity contribution in [3.63, 3.8) is 0 Å². The van der Waals surface area contributed by atoms with Crippen molar-refractivity contribution in [2.45, 2.75) is 44.8 Å². The number of hydrogen-bond acceptors (Lipinski definition) is 3. The van der Waals surface area contributed by atoms with Crippen LogP contribution in [0, 0.1) is 5.41 Å². The molecular weight excluding hydrogens is 248 g/mol. The van der Waals surface area contributed by atoms with E-state index in [1.807, 2.05) is 0 Å². The largest absolute Gasteiger partial charge is 0.480 e. The Hall–Kier alpha value is -1.30. The van der Waals surface area contributed by atoms with Gasteiger partial charge in [-0.1, -0.05) is 6.92 Å². The second-order valence-electron chi connectivity index (χ2n) is 5.61. The molecule has 0 aromatic rings. The Bertz CT molecular complexity index is 368. The number of carboxylic acids is 1. The number of nitrogens with one attached hydrogen (secondary N) is 1. The van der Waals surface area contributed by atoms with Crippen LogP contribution in [0.2, 0.25) is 0 Å². The minimum Gasteiger partial charge on any atom is -0.480 e. The molecule has 1 aliphatic heterocycles. The Kier molecular flexibility index (Phi) is 3.99. The second-order valence-corrected chi connectivity index (χ2v) is 5.61. The predicted molar refractivity (Wildman–Crippen MR) is 68.9 cm³/mol. The summed E-state index contributed by atoms with van der Waals surface area (Å²) in [6, 6.07) is -1.06. The van der Waals surface area contributed by atoms with Gasteiger partial charge in [-0.15, -0.1) is 0 Å². The van der Waals surface area contributed by atoms with Crippen molar-refractivity contribution in [2.75, 3.05) is 20.2 Å². The average Bonchev–Trinajstić information content (AvgIpc) is 3.05. The van der Waals surface area contributed by atoms with E-state index in [4.69, 9.17) is 9.84 Å². The summed E-state index contributed by atoms with van der Waals surface area (Å²) in [5, 5.41) is 12.0. The summed E-state index contributed by atoms with van der Waals surface area (Å²) in [4.78, 5) is 24.7. The van der Waals surface area contributed by atoms with Crippen LogP contribution in [0.3, 0.4) is 0 Å². The fraction of sp³-hybridized carbons (Fsp3) is 0.846. The lowest BCUT2D eigenvalue weighted by molar-refractivity contribution is -0.141. The number of nitrogens with zero attached hydrogens (tertiary/aromatic N) is 1. The van der Waals surface area contributed by atoms with E-state index >= 15 is 0 Å². The maximum absolute atomic E-state index is 12.1. The number of hydrogen-bond donors (Lipinski definition) is 2. The highest BCUT2D eigenvalue weighted by Crippen LogP contribution is 2.47. The van der Waals surface area contributed by atoms with E-state index in [1.165, 1.54) is 4.90 Å². The molecule has 0 spiro atoms. The van der Waals surface area contributed by atoms with Crippen molar-refractivity contribution in [1.82, 2.24) is 10.2 Å². The van der Waals surface area contributed by atoms with Gasteiger partial charge in [-0.25, -0.2) is 9.59 Å². The van der Waals surface area contributed by atoms with Crippen molar-refractivity contribution in [2.24, 2.45) is 5.41 Å². The second kappa shape index (κ2) is 5.36. The van der Waals surface area contributed by atoms with Crippen molar-refractivity contribution in [3.05, 3.63) is 0 Å². The molecule has 2 unspecified atom stereocenters. The van der Waals surface area contributed by atoms with E-state index in [0.717, 1.165) is 19.3 Å². The first-order chi connectivity index (χ1) is 9.01. The predicted octanol–water partition coefficient (Wildman–Crippen LogP) is 1.06. The van der Waals surface area contributed by atoms with Crippen molar-refractivity contribution in [1.29, 1.82) is 0 Å². The zero-order chi connectivity index (χ0) is 14.0. The van der Waals surface area contributed by atoms with Crippen LogP contribution < -0.4 is 5.32 Å². The molecule has 1 saturated heterocycles. The Balaban J connectivity index is 1.91. The molecule has 1 saturated carbocycles. The van der Waals surface area contributed by atoms with Gasteiger partial charge < -0.3 is 20.1 Å². The molecular formula is C13H22N2O4. The molecule has 0 radical (unpaired) electrons. The highest BCUT2D eigenvalue weighted by molar-refractivity contribution is 5.83. The minimum atomic E-state index is -0.966. The standard InChI is InChI=1S/C13H22N2O4/c1-3-13(4-5-13)8-14-12(18)15-7-9(19-2)6-10(15)11(16)17/h9-10H,3-8H2,1-2H3,(H,14,18)(H,16,17). The molecule has 2 aliphatic rings. The van der Waals surface area contributed by atoms with Crippen LogP contribution >= 0.6 is 0 Å². The Morgan fingerprint density at radius 2 is 2.16 bits per heavy atom. The van der Waals surface area contributed by atoms with E-state index in [9.17, 15) is 9.59 Å². The number of rotatable bonds is 5. The first kappa shape index (κ1) is 14.1. The number of urea groups is 1. The first-order valence-corrected chi connectivity index (χ1v) is 6.81. The summed E-state index contributed by atoms with van der Waals surface area (Å²) in [6.07, 6.45) is 3.52. The summed E-state index contributed by atoms with van der Waals surface area (Å²) in [7, 11) is 1.54. The van der Waals surface area contributed by atoms with Crippen LogP contribution in [0.5, 0.6) is 0 Å². The summed E-state index contributed by atoms with van der Waals surface area (Å²) in [5.41, 5.74) is 0.259. The van der Waals surface area contributed by atoms with Gasteiger partial charge >= 0.3 is 12.0 Å². The monoisotopic (exact) mass is 270 g/mol. The molecule has 2 N–H and O–H groups in total. The van der Waals surface area contributed by atoms with Crippen LogP contribution in [-0.2, 0) is 9.53 Å². The maximum Gasteiger partial charge on any atom is 0.326 e. The molecule has 2 rings (SSSR count). The van der Waals surface area contributed by atoms with Gasteiger partial charge in [0.15, 0.2) is 0 Å². The van der Waals surface area contributed by atoms with Gasteiger partial charge in [-0.05, 0) is 24.7 Å². The zero-order valence-electron chi connectivity index (χ0n) is 11.5. The van der Waals surface area contributed by atoms with Crippen molar-refractivity contribution >= 4 is 12.0 Å². The molecule has 2 amide bonds. The van der Waals surface area contributed by atoms with Gasteiger partial charge in [0.25, 0.3) is 0 Å². The normalized spacial score (nSPS) is 28.2. The third-order valence-electron chi connectivity index (χ3n) is 4.46. The molecule has 19 heavy (non-hydrogen) atoms. The van der Waals surface area contributed by atoms with Crippen LogP contribution in [0.25, 0.3) is 0 Å². The van der Waals surface area contributed by atoms with E-state index in [2.05, 4.69) is 12.2 Å². The Labute approximate surface area is 113 Å². The zero-order valence-corrected chi connectivity index (χ0v) is 11.5. The number of methoxy groups -OCH3 is 1. The van der Waals surface area contributed by atoms with Crippen LogP contribution in [0.15, 0.2) is 0 Å². The smallest absolute Gasteiger partial charge is 0.326 e. The molecule has 2 atom stereocenters. The number of aliphatic carboxylic acids is 1. The van der Waals surface area contributed by atoms with Gasteiger partial charge in [0.1, 0.15) is 6.04 Å². The van der Waals surface area contributed by atoms with E-state index in [1.54, 1.807) is 7.11 Å². The number of carbonyl (C=O) groups is 2. The number of carbonyl (C=O) groups excluding carboxylic acids is 1. The maximum atomic E-state index is 12.1. The number of carboxylic acid groups (broad SMARTS) is 1. The fourth-order valence-electron chi connectivity index (χ4n) is 2.62. The molecule has 0 bridgehead atoms. The number of ether oxygens (including phenoxy) is 1. The molecule has 0 aromatic heterocycles. The highest BCUT2D eigenvalue weighted by Gasteiger charge is 2.43. The lowest BCUT2D eigenvalue weighted by atomic mass is 10.0. The molecule has 108 valence electrons. The quantitative estimate of drug-likeness (QED) is 0.783. The fourth-order valence-corrected chi connectivity index (χ4v) is 2.62. The lowest BCUT2D eigenvalue weighted by Gasteiger charge is -2.23. The SMILES string of the molecule is CCC1(CNC(=O)N2CC(OC)CC2C(=O)O)CC1. The molecule has 1 heterocycles. The van der Waals surface area contributed by atoms with Gasteiger partial charge in [0.2, 0.25) is 0 Å². The summed E-state index contributed by atoms with van der Waals surface area (Å²) in [6.45, 7) is 3.11. The van der Waals surface area contributed by atoms with Gasteiger partial charge in [0, 0.05) is 26.6 Å². The van der Waals surface area contributed by atoms with E-state index < -0.39 is 12.0 Å². The Morgan fingerprint density at radius 1 is 1.47 bits per heavy atom. The summed E-state index contributed by atoms with van der Waals surface area (Å²) >= 11 is 0. The average molecular weight is 270 g/mol. The van der Waals surface area contributed by atoms with Crippen molar-refractivity contribution < 1.29 is 19.4 Å². The number of amides is 2. The molecule has 6 nitrogen and oxygen atoms in total. The Morgan fingerprint density at radius 3 is 2.63 bits per heavy atom. The van der Waals surface area contributed by atoms with Crippen molar-refractivity contribution in [3.8, 4) is 0 Å². The van der Waals surface area contributed by atoms with Gasteiger partial charge in [-0.2, -0.15) is 0 Å². The summed E-state index contributed by atoms with van der Waals surface area (Å²) < 4.78 is 5.17.